The third-order valence-electron chi connectivity index (χ3n) is 4.08. The van der Waals surface area contributed by atoms with Crippen molar-refractivity contribution in [3.63, 3.8) is 0 Å². The highest BCUT2D eigenvalue weighted by Gasteiger charge is 2.51. The summed E-state index contributed by atoms with van der Waals surface area (Å²) < 4.78 is 5.33. The van der Waals surface area contributed by atoms with E-state index in [2.05, 4.69) is 5.32 Å². The number of nitrogens with one attached hydrogen (secondary N) is 1. The molecule has 0 aliphatic heterocycles. The Morgan fingerprint density at radius 3 is 2.22 bits per heavy atom. The molecule has 2 saturated carbocycles. The van der Waals surface area contributed by atoms with E-state index in [-0.39, 0.29) is 23.7 Å². The second-order valence-corrected chi connectivity index (χ2v) is 7.10. The maximum atomic E-state index is 11.9. The van der Waals surface area contributed by atoms with Crippen molar-refractivity contribution in [2.24, 2.45) is 5.41 Å². The Kier molecular flexibility index (Phi) is 3.34. The fraction of sp³-hybridized carbons (Fsp3) is 0.929. The Bertz CT molecular complexity index is 324. The lowest BCUT2D eigenvalue weighted by Crippen LogP contribution is -2.56. The zero-order valence-corrected chi connectivity index (χ0v) is 11.7. The molecule has 0 bridgehead atoms. The molecule has 18 heavy (non-hydrogen) atoms. The lowest BCUT2D eigenvalue weighted by atomic mass is 9.70. The molecule has 1 amide bonds. The first kappa shape index (κ1) is 13.7. The first-order valence-corrected chi connectivity index (χ1v) is 6.90. The predicted molar refractivity (Wildman–Crippen MR) is 69.3 cm³/mol. The quantitative estimate of drug-likeness (QED) is 0.811. The van der Waals surface area contributed by atoms with Crippen LogP contribution in [-0.4, -0.2) is 28.9 Å². The van der Waals surface area contributed by atoms with Crippen molar-refractivity contribution in [1.82, 2.24) is 5.32 Å². The summed E-state index contributed by atoms with van der Waals surface area (Å²) in [5.74, 6) is 0. The second-order valence-electron chi connectivity index (χ2n) is 7.10. The van der Waals surface area contributed by atoms with Crippen molar-refractivity contribution >= 4 is 6.09 Å². The van der Waals surface area contributed by atoms with Gasteiger partial charge in [0, 0.05) is 12.1 Å². The first-order valence-electron chi connectivity index (χ1n) is 6.90. The van der Waals surface area contributed by atoms with Crippen LogP contribution < -0.4 is 5.32 Å². The van der Waals surface area contributed by atoms with E-state index in [1.165, 1.54) is 0 Å². The van der Waals surface area contributed by atoms with E-state index in [1.54, 1.807) is 0 Å². The molecule has 0 aromatic rings. The number of hydrogen-bond acceptors (Lipinski definition) is 3. The van der Waals surface area contributed by atoms with Gasteiger partial charge in [-0.05, 0) is 64.7 Å². The molecule has 0 saturated heterocycles. The third kappa shape index (κ3) is 3.16. The monoisotopic (exact) mass is 255 g/mol. The number of aliphatic hydroxyl groups is 1. The zero-order chi connectivity index (χ0) is 13.4. The van der Waals surface area contributed by atoms with Crippen LogP contribution >= 0.6 is 0 Å². The van der Waals surface area contributed by atoms with Gasteiger partial charge in [0.1, 0.15) is 5.60 Å². The molecule has 0 spiro atoms. The Balaban J connectivity index is 1.90. The Labute approximate surface area is 109 Å². The van der Waals surface area contributed by atoms with Gasteiger partial charge in [-0.25, -0.2) is 4.79 Å². The molecule has 2 aliphatic rings. The summed E-state index contributed by atoms with van der Waals surface area (Å²) in [6.45, 7) is 5.85. The summed E-state index contributed by atoms with van der Waals surface area (Å²) >= 11 is 0. The van der Waals surface area contributed by atoms with Crippen LogP contribution in [0.15, 0.2) is 0 Å². The highest BCUT2D eigenvalue weighted by Crippen LogP contribution is 2.54. The average Bonchev–Trinajstić information content (AvgIpc) is 2.92. The topological polar surface area (TPSA) is 58.6 Å². The summed E-state index contributed by atoms with van der Waals surface area (Å²) in [6, 6.07) is 0. The maximum Gasteiger partial charge on any atom is 0.408 e. The number of alkyl carbamates (subject to hydrolysis) is 1. The lowest BCUT2D eigenvalue weighted by Gasteiger charge is -2.44. The van der Waals surface area contributed by atoms with Gasteiger partial charge in [0.15, 0.2) is 0 Å². The summed E-state index contributed by atoms with van der Waals surface area (Å²) in [5, 5.41) is 12.5. The lowest BCUT2D eigenvalue weighted by molar-refractivity contribution is 0.0306. The van der Waals surface area contributed by atoms with Crippen molar-refractivity contribution < 1.29 is 14.6 Å². The van der Waals surface area contributed by atoms with E-state index in [0.717, 1.165) is 38.5 Å². The molecule has 0 radical (unpaired) electrons. The minimum Gasteiger partial charge on any atom is -0.444 e. The second kappa shape index (κ2) is 4.41. The van der Waals surface area contributed by atoms with Crippen LogP contribution in [0.2, 0.25) is 0 Å². The maximum absolute atomic E-state index is 11.9. The minimum atomic E-state index is -0.455. The van der Waals surface area contributed by atoms with Crippen LogP contribution in [0.3, 0.4) is 0 Å². The molecule has 2 N–H and O–H groups in total. The fourth-order valence-corrected chi connectivity index (χ4v) is 2.76. The normalized spacial score (nSPS) is 24.0. The van der Waals surface area contributed by atoms with Gasteiger partial charge in [0.25, 0.3) is 0 Å². The molecule has 2 aliphatic carbocycles. The van der Waals surface area contributed by atoms with Crippen LogP contribution in [0, 0.1) is 5.41 Å². The van der Waals surface area contributed by atoms with Gasteiger partial charge in [0.05, 0.1) is 0 Å². The van der Waals surface area contributed by atoms with Crippen molar-refractivity contribution in [3.8, 4) is 0 Å². The summed E-state index contributed by atoms with van der Waals surface area (Å²) in [7, 11) is 0. The van der Waals surface area contributed by atoms with E-state index >= 15 is 0 Å². The smallest absolute Gasteiger partial charge is 0.408 e. The molecular formula is C14H25NO3. The Hall–Kier alpha value is -0.770. The summed E-state index contributed by atoms with van der Waals surface area (Å²) in [5.41, 5.74) is -0.500. The number of aliphatic hydroxyl groups excluding tert-OH is 1. The van der Waals surface area contributed by atoms with E-state index in [1.807, 2.05) is 20.8 Å². The van der Waals surface area contributed by atoms with Crippen LogP contribution in [0.5, 0.6) is 0 Å². The number of rotatable bonds is 4. The third-order valence-corrected chi connectivity index (χ3v) is 4.08. The van der Waals surface area contributed by atoms with Crippen molar-refractivity contribution in [2.75, 3.05) is 6.61 Å². The summed E-state index contributed by atoms with van der Waals surface area (Å²) in [4.78, 5) is 11.9. The highest BCUT2D eigenvalue weighted by molar-refractivity contribution is 5.69. The molecule has 0 atom stereocenters. The fourth-order valence-electron chi connectivity index (χ4n) is 2.76. The van der Waals surface area contributed by atoms with E-state index in [0.29, 0.717) is 0 Å². The van der Waals surface area contributed by atoms with Crippen molar-refractivity contribution in [2.45, 2.75) is 70.4 Å². The van der Waals surface area contributed by atoms with Gasteiger partial charge in [0.2, 0.25) is 0 Å². The number of hydrogen-bond donors (Lipinski definition) is 2. The van der Waals surface area contributed by atoms with Gasteiger partial charge in [-0.2, -0.15) is 0 Å². The van der Waals surface area contributed by atoms with Crippen LogP contribution in [-0.2, 0) is 4.74 Å². The molecule has 4 nitrogen and oxygen atoms in total. The highest BCUT2D eigenvalue weighted by atomic mass is 16.6. The molecule has 104 valence electrons. The Morgan fingerprint density at radius 2 is 1.89 bits per heavy atom. The average molecular weight is 255 g/mol. The van der Waals surface area contributed by atoms with Gasteiger partial charge in [-0.3, -0.25) is 0 Å². The van der Waals surface area contributed by atoms with E-state index in [9.17, 15) is 9.90 Å². The number of amides is 1. The van der Waals surface area contributed by atoms with Gasteiger partial charge in [-0.1, -0.05) is 0 Å². The van der Waals surface area contributed by atoms with Crippen LogP contribution in [0.1, 0.15) is 59.3 Å². The minimum absolute atomic E-state index is 0.0788. The largest absolute Gasteiger partial charge is 0.444 e. The first-order chi connectivity index (χ1) is 8.28. The zero-order valence-electron chi connectivity index (χ0n) is 11.7. The number of ether oxygens (including phenoxy) is 1. The van der Waals surface area contributed by atoms with E-state index in [4.69, 9.17) is 4.74 Å². The molecule has 0 aromatic carbocycles. The van der Waals surface area contributed by atoms with Gasteiger partial charge in [-0.15, -0.1) is 0 Å². The van der Waals surface area contributed by atoms with Crippen molar-refractivity contribution in [1.29, 1.82) is 0 Å². The molecule has 4 heteroatoms. The SMILES string of the molecule is CC(C)(C)OC(=O)NC1(CC2(CO)CC2)CCC1. The molecule has 0 aromatic heterocycles. The molecule has 0 unspecified atom stereocenters. The predicted octanol–water partition coefficient (Wildman–Crippen LogP) is 2.60. The molecule has 2 fully saturated rings. The molecule has 2 rings (SSSR count). The summed E-state index contributed by atoms with van der Waals surface area (Å²) in [6.07, 6.45) is 5.91. The molecular weight excluding hydrogens is 230 g/mol. The Morgan fingerprint density at radius 1 is 1.28 bits per heavy atom. The van der Waals surface area contributed by atoms with Gasteiger partial charge < -0.3 is 15.2 Å². The van der Waals surface area contributed by atoms with Gasteiger partial charge >= 0.3 is 6.09 Å². The van der Waals surface area contributed by atoms with Crippen LogP contribution in [0.4, 0.5) is 4.79 Å². The number of carbonyl (C=O) groups excluding carboxylic acids is 1. The molecule has 0 heterocycles. The number of carbonyl (C=O) groups is 1. The van der Waals surface area contributed by atoms with Crippen LogP contribution in [0.25, 0.3) is 0 Å². The van der Waals surface area contributed by atoms with E-state index < -0.39 is 5.60 Å². The van der Waals surface area contributed by atoms with Crippen molar-refractivity contribution in [3.05, 3.63) is 0 Å². The standard InChI is InChI=1S/C14H25NO3/c1-12(2,3)18-11(17)15-14(5-4-6-14)9-13(10-16)7-8-13/h16H,4-10H2,1-3H3,(H,15,17).